The molecule has 0 radical (unpaired) electrons. The summed E-state index contributed by atoms with van der Waals surface area (Å²) in [7, 11) is 0. The summed E-state index contributed by atoms with van der Waals surface area (Å²) in [4.78, 5) is 17.2. The Morgan fingerprint density at radius 3 is 2.92 bits per heavy atom. The van der Waals surface area contributed by atoms with Gasteiger partial charge in [0.2, 0.25) is 5.91 Å². The first kappa shape index (κ1) is 17.2. The molecule has 3 aromatic rings. The lowest BCUT2D eigenvalue weighted by Crippen LogP contribution is -2.32. The molecule has 4 rings (SSSR count). The summed E-state index contributed by atoms with van der Waals surface area (Å²) in [6, 6.07) is 16.7. The van der Waals surface area contributed by atoms with Crippen LogP contribution in [0.4, 0.5) is 0 Å². The second kappa shape index (κ2) is 7.54. The largest absolute Gasteiger partial charge is 0.349 e. The van der Waals surface area contributed by atoms with E-state index in [0.717, 1.165) is 42.0 Å². The second-order valence-electron chi connectivity index (χ2n) is 6.63. The molecule has 5 heteroatoms. The standard InChI is InChI=1S/C21H23N3OS/c1-2-24-19-13-6-5-11-18(19)23-21(24)26-14-20(25)22-17-12-7-9-15-8-3-4-10-16(15)17/h3-6,8,10-11,13,17H,2,7,9,12,14H2,1H3,(H,22,25)/t17-/m0/s1. The van der Waals surface area contributed by atoms with Crippen LogP contribution in [0.5, 0.6) is 0 Å². The van der Waals surface area contributed by atoms with Gasteiger partial charge in [-0.15, -0.1) is 0 Å². The molecule has 1 atom stereocenters. The van der Waals surface area contributed by atoms with E-state index in [1.807, 2.05) is 18.2 Å². The van der Waals surface area contributed by atoms with Crippen LogP contribution < -0.4 is 5.32 Å². The summed E-state index contributed by atoms with van der Waals surface area (Å²) in [5.41, 5.74) is 4.75. The van der Waals surface area contributed by atoms with E-state index in [9.17, 15) is 4.79 Å². The number of fused-ring (bicyclic) bond motifs is 2. The van der Waals surface area contributed by atoms with E-state index in [2.05, 4.69) is 52.1 Å². The topological polar surface area (TPSA) is 46.9 Å². The van der Waals surface area contributed by atoms with Crippen molar-refractivity contribution < 1.29 is 4.79 Å². The van der Waals surface area contributed by atoms with Crippen LogP contribution in [0.15, 0.2) is 53.7 Å². The maximum Gasteiger partial charge on any atom is 0.230 e. The van der Waals surface area contributed by atoms with Gasteiger partial charge in [-0.1, -0.05) is 48.2 Å². The molecular weight excluding hydrogens is 342 g/mol. The lowest BCUT2D eigenvalue weighted by atomic mass is 9.88. The maximum atomic E-state index is 12.5. The molecule has 0 saturated carbocycles. The van der Waals surface area contributed by atoms with Crippen molar-refractivity contribution in [1.82, 2.24) is 14.9 Å². The fourth-order valence-corrected chi connectivity index (χ4v) is 4.63. The van der Waals surface area contributed by atoms with E-state index in [4.69, 9.17) is 0 Å². The maximum absolute atomic E-state index is 12.5. The number of imidazole rings is 1. The molecule has 134 valence electrons. The summed E-state index contributed by atoms with van der Waals surface area (Å²) in [6.45, 7) is 2.96. The normalized spacial score (nSPS) is 16.4. The fraction of sp³-hybridized carbons (Fsp3) is 0.333. The lowest BCUT2D eigenvalue weighted by Gasteiger charge is -2.26. The van der Waals surface area contributed by atoms with Gasteiger partial charge in [0.15, 0.2) is 5.16 Å². The van der Waals surface area contributed by atoms with Crippen molar-refractivity contribution >= 4 is 28.7 Å². The Morgan fingerprint density at radius 1 is 1.23 bits per heavy atom. The first-order valence-electron chi connectivity index (χ1n) is 9.21. The number of carbonyl (C=O) groups is 1. The van der Waals surface area contributed by atoms with Gasteiger partial charge in [-0.05, 0) is 49.4 Å². The molecule has 0 fully saturated rings. The summed E-state index contributed by atoms with van der Waals surface area (Å²) >= 11 is 1.52. The molecule has 1 N–H and O–H groups in total. The summed E-state index contributed by atoms with van der Waals surface area (Å²) in [6.07, 6.45) is 3.25. The van der Waals surface area contributed by atoms with Crippen molar-refractivity contribution in [3.8, 4) is 0 Å². The number of benzene rings is 2. The van der Waals surface area contributed by atoms with Gasteiger partial charge < -0.3 is 9.88 Å². The Kier molecular flexibility index (Phi) is 4.98. The number of aryl methyl sites for hydroxylation is 2. The molecule has 1 heterocycles. The molecule has 2 aromatic carbocycles. The Labute approximate surface area is 158 Å². The van der Waals surface area contributed by atoms with Gasteiger partial charge in [0.05, 0.1) is 22.8 Å². The van der Waals surface area contributed by atoms with E-state index < -0.39 is 0 Å². The zero-order valence-electron chi connectivity index (χ0n) is 14.9. The number of rotatable bonds is 5. The number of nitrogens with one attached hydrogen (secondary N) is 1. The number of para-hydroxylation sites is 2. The van der Waals surface area contributed by atoms with Crippen molar-refractivity contribution in [2.45, 2.75) is 43.9 Å². The number of carbonyl (C=O) groups excluding carboxylic acids is 1. The minimum absolute atomic E-state index is 0.0754. The number of thioether (sulfide) groups is 1. The van der Waals surface area contributed by atoms with Crippen LogP contribution in [0, 0.1) is 0 Å². The highest BCUT2D eigenvalue weighted by Crippen LogP contribution is 2.30. The monoisotopic (exact) mass is 365 g/mol. The van der Waals surface area contributed by atoms with Gasteiger partial charge in [-0.3, -0.25) is 4.79 Å². The van der Waals surface area contributed by atoms with Gasteiger partial charge in [-0.2, -0.15) is 0 Å². The predicted octanol–water partition coefficient (Wildman–Crippen LogP) is 4.34. The summed E-state index contributed by atoms with van der Waals surface area (Å²) in [5.74, 6) is 0.466. The van der Waals surface area contributed by atoms with Gasteiger partial charge in [0.25, 0.3) is 0 Å². The fourth-order valence-electron chi connectivity index (χ4n) is 3.74. The van der Waals surface area contributed by atoms with E-state index in [0.29, 0.717) is 5.75 Å². The third-order valence-electron chi connectivity index (χ3n) is 4.97. The van der Waals surface area contributed by atoms with Gasteiger partial charge in [-0.25, -0.2) is 4.98 Å². The van der Waals surface area contributed by atoms with E-state index in [1.54, 1.807) is 0 Å². The number of nitrogens with zero attached hydrogens (tertiary/aromatic N) is 2. The highest BCUT2D eigenvalue weighted by molar-refractivity contribution is 7.99. The lowest BCUT2D eigenvalue weighted by molar-refractivity contribution is -0.119. The van der Waals surface area contributed by atoms with Crippen LogP contribution in [0.25, 0.3) is 11.0 Å². The summed E-state index contributed by atoms with van der Waals surface area (Å²) in [5, 5.41) is 4.13. The molecule has 0 unspecified atom stereocenters. The number of hydrogen-bond donors (Lipinski definition) is 1. The van der Waals surface area contributed by atoms with Crippen LogP contribution in [0.3, 0.4) is 0 Å². The highest BCUT2D eigenvalue weighted by Gasteiger charge is 2.21. The Balaban J connectivity index is 1.44. The number of aromatic nitrogens is 2. The molecule has 0 spiro atoms. The van der Waals surface area contributed by atoms with Crippen LogP contribution in [0.1, 0.15) is 36.9 Å². The van der Waals surface area contributed by atoms with Crippen LogP contribution in [0.2, 0.25) is 0 Å². The summed E-state index contributed by atoms with van der Waals surface area (Å²) < 4.78 is 2.17. The quantitative estimate of drug-likeness (QED) is 0.684. The number of hydrogen-bond acceptors (Lipinski definition) is 3. The molecule has 1 aromatic heterocycles. The van der Waals surface area contributed by atoms with Crippen molar-refractivity contribution in [1.29, 1.82) is 0 Å². The number of amides is 1. The van der Waals surface area contributed by atoms with Crippen LogP contribution >= 0.6 is 11.8 Å². The molecule has 1 aliphatic carbocycles. The average molecular weight is 366 g/mol. The molecule has 0 aliphatic heterocycles. The molecule has 1 aliphatic rings. The zero-order valence-corrected chi connectivity index (χ0v) is 15.8. The smallest absolute Gasteiger partial charge is 0.230 e. The minimum atomic E-state index is 0.0754. The SMILES string of the molecule is CCn1c(SCC(=O)N[C@H]2CCCc3ccccc32)nc2ccccc21. The Bertz CT molecular complexity index is 934. The van der Waals surface area contributed by atoms with Crippen molar-refractivity contribution in [3.63, 3.8) is 0 Å². The first-order chi connectivity index (χ1) is 12.8. The Hall–Kier alpha value is -2.27. The minimum Gasteiger partial charge on any atom is -0.349 e. The van der Waals surface area contributed by atoms with Gasteiger partial charge in [0.1, 0.15) is 0 Å². The highest BCUT2D eigenvalue weighted by atomic mass is 32.2. The van der Waals surface area contributed by atoms with E-state index in [-0.39, 0.29) is 11.9 Å². The van der Waals surface area contributed by atoms with Crippen molar-refractivity contribution in [2.75, 3.05) is 5.75 Å². The van der Waals surface area contributed by atoms with Gasteiger partial charge in [0, 0.05) is 6.54 Å². The molecule has 1 amide bonds. The third-order valence-corrected chi connectivity index (χ3v) is 5.95. The van der Waals surface area contributed by atoms with E-state index >= 15 is 0 Å². The molecule has 4 nitrogen and oxygen atoms in total. The zero-order chi connectivity index (χ0) is 17.9. The van der Waals surface area contributed by atoms with Crippen molar-refractivity contribution in [3.05, 3.63) is 59.7 Å². The molecule has 26 heavy (non-hydrogen) atoms. The molecule has 0 saturated heterocycles. The Morgan fingerprint density at radius 2 is 2.04 bits per heavy atom. The molecule has 0 bridgehead atoms. The van der Waals surface area contributed by atoms with Crippen LogP contribution in [-0.2, 0) is 17.8 Å². The first-order valence-corrected chi connectivity index (χ1v) is 10.2. The third kappa shape index (κ3) is 3.36. The predicted molar refractivity (Wildman–Crippen MR) is 106 cm³/mol. The van der Waals surface area contributed by atoms with Crippen molar-refractivity contribution in [2.24, 2.45) is 0 Å². The van der Waals surface area contributed by atoms with Crippen LogP contribution in [-0.4, -0.2) is 21.2 Å². The van der Waals surface area contributed by atoms with E-state index in [1.165, 1.54) is 22.9 Å². The second-order valence-corrected chi connectivity index (χ2v) is 7.57. The average Bonchev–Trinajstić information content (AvgIpc) is 3.04. The van der Waals surface area contributed by atoms with Gasteiger partial charge >= 0.3 is 0 Å². The molecular formula is C21H23N3OS.